The number of hydrogen-bond acceptors (Lipinski definition) is 8. The second kappa shape index (κ2) is 10.8. The van der Waals surface area contributed by atoms with Crippen molar-refractivity contribution in [3.05, 3.63) is 29.3 Å². The van der Waals surface area contributed by atoms with Gasteiger partial charge in [0, 0.05) is 30.8 Å². The van der Waals surface area contributed by atoms with E-state index in [9.17, 15) is 24.0 Å². The molecule has 35 heavy (non-hydrogen) atoms. The molecule has 2 aliphatic heterocycles. The molecule has 1 aromatic rings. The lowest BCUT2D eigenvalue weighted by molar-refractivity contribution is -0.137. The van der Waals surface area contributed by atoms with Gasteiger partial charge in [0.15, 0.2) is 0 Å². The summed E-state index contributed by atoms with van der Waals surface area (Å²) in [5.74, 6) is 3.46. The average Bonchev–Trinajstić information content (AvgIpc) is 3.07. The number of amides is 5. The first-order valence-electron chi connectivity index (χ1n) is 11.4. The first-order valence-corrected chi connectivity index (χ1v) is 11.4. The molecule has 0 spiro atoms. The molecule has 1 aromatic carbocycles. The topological polar surface area (TPSA) is 160 Å². The summed E-state index contributed by atoms with van der Waals surface area (Å²) in [5, 5.41) is 5.00. The summed E-state index contributed by atoms with van der Waals surface area (Å²) in [6.07, 6.45) is 0.219. The largest absolute Gasteiger partial charge is 0.444 e. The van der Waals surface area contributed by atoms with E-state index in [2.05, 4.69) is 15.5 Å². The van der Waals surface area contributed by atoms with Gasteiger partial charge in [0.05, 0.1) is 6.61 Å². The maximum Gasteiger partial charge on any atom is 0.410 e. The molecule has 12 nitrogen and oxygen atoms in total. The fourth-order valence-corrected chi connectivity index (χ4v) is 3.93. The SMILES string of the molecule is CC(C)(C)OC(=O)N(CCCON)CC(=O)Nc1ccc2c(c1)CN(C1CCC(=O)NC1=O)C2=O. The van der Waals surface area contributed by atoms with Crippen LogP contribution in [0.4, 0.5) is 10.5 Å². The van der Waals surface area contributed by atoms with Gasteiger partial charge in [-0.2, -0.15) is 0 Å². The van der Waals surface area contributed by atoms with Crippen molar-refractivity contribution in [1.29, 1.82) is 0 Å². The standard InChI is InChI=1S/C23H31N5O7/c1-23(2,3)35-22(33)27(9-4-10-34-24)13-19(30)25-15-5-6-16-14(11-15)12-28(21(16)32)17-7-8-18(29)26-20(17)31/h5-6,11,17H,4,7-10,12-13,24H2,1-3H3,(H,25,30)(H,26,29,31). The lowest BCUT2D eigenvalue weighted by Gasteiger charge is -2.29. The van der Waals surface area contributed by atoms with Gasteiger partial charge >= 0.3 is 6.09 Å². The number of carbonyl (C=O) groups is 5. The van der Waals surface area contributed by atoms with Crippen molar-refractivity contribution >= 4 is 35.4 Å². The third-order valence-electron chi connectivity index (χ3n) is 5.48. The number of hydrogen-bond donors (Lipinski definition) is 3. The Bertz CT molecular complexity index is 1020. The van der Waals surface area contributed by atoms with Crippen LogP contribution in [0, 0.1) is 0 Å². The molecular weight excluding hydrogens is 458 g/mol. The zero-order chi connectivity index (χ0) is 25.8. The molecule has 1 unspecified atom stereocenters. The molecule has 1 fully saturated rings. The van der Waals surface area contributed by atoms with Gasteiger partial charge in [-0.25, -0.2) is 10.7 Å². The summed E-state index contributed by atoms with van der Waals surface area (Å²) in [5.41, 5.74) is 0.810. The number of anilines is 1. The summed E-state index contributed by atoms with van der Waals surface area (Å²) in [6.45, 7) is 5.55. The van der Waals surface area contributed by atoms with Crippen LogP contribution in [0.3, 0.4) is 0 Å². The number of nitrogens with zero attached hydrogens (tertiary/aromatic N) is 2. The summed E-state index contributed by atoms with van der Waals surface area (Å²) >= 11 is 0. The van der Waals surface area contributed by atoms with Crippen LogP contribution < -0.4 is 16.5 Å². The fourth-order valence-electron chi connectivity index (χ4n) is 3.93. The van der Waals surface area contributed by atoms with Crippen molar-refractivity contribution in [3.63, 3.8) is 0 Å². The molecule has 3 rings (SSSR count). The number of ether oxygens (including phenoxy) is 1. The van der Waals surface area contributed by atoms with E-state index in [1.165, 1.54) is 9.80 Å². The molecule has 5 amide bonds. The van der Waals surface area contributed by atoms with E-state index in [0.29, 0.717) is 23.2 Å². The van der Waals surface area contributed by atoms with Crippen molar-refractivity contribution < 1.29 is 33.5 Å². The molecule has 0 saturated carbocycles. The van der Waals surface area contributed by atoms with E-state index in [1.807, 2.05) is 0 Å². The number of carbonyl (C=O) groups excluding carboxylic acids is 5. The van der Waals surface area contributed by atoms with E-state index >= 15 is 0 Å². The minimum Gasteiger partial charge on any atom is -0.444 e. The predicted molar refractivity (Wildman–Crippen MR) is 124 cm³/mol. The van der Waals surface area contributed by atoms with Crippen LogP contribution in [-0.4, -0.2) is 70.9 Å². The quantitative estimate of drug-likeness (QED) is 0.276. The van der Waals surface area contributed by atoms with Gasteiger partial charge < -0.3 is 19.8 Å². The highest BCUT2D eigenvalue weighted by atomic mass is 16.6. The van der Waals surface area contributed by atoms with E-state index in [4.69, 9.17) is 10.6 Å². The molecule has 190 valence electrons. The molecule has 0 radical (unpaired) electrons. The molecule has 0 bridgehead atoms. The normalized spacial score (nSPS) is 17.7. The Kier molecular flexibility index (Phi) is 8.07. The maximum atomic E-state index is 12.8. The van der Waals surface area contributed by atoms with Crippen molar-refractivity contribution in [3.8, 4) is 0 Å². The third-order valence-corrected chi connectivity index (χ3v) is 5.48. The van der Waals surface area contributed by atoms with Crippen LogP contribution in [0.15, 0.2) is 18.2 Å². The molecule has 2 heterocycles. The van der Waals surface area contributed by atoms with E-state index in [0.717, 1.165) is 0 Å². The van der Waals surface area contributed by atoms with Gasteiger partial charge in [-0.1, -0.05) is 0 Å². The molecule has 1 saturated heterocycles. The van der Waals surface area contributed by atoms with Gasteiger partial charge in [0.1, 0.15) is 18.2 Å². The van der Waals surface area contributed by atoms with E-state index < -0.39 is 29.6 Å². The van der Waals surface area contributed by atoms with Crippen molar-refractivity contribution in [2.24, 2.45) is 5.90 Å². The minimum atomic E-state index is -0.725. The number of piperidine rings is 1. The number of fused-ring (bicyclic) bond motifs is 1. The van der Waals surface area contributed by atoms with Gasteiger partial charge in [-0.05, 0) is 57.4 Å². The summed E-state index contributed by atoms with van der Waals surface area (Å²) in [7, 11) is 0. The van der Waals surface area contributed by atoms with Crippen LogP contribution in [0.1, 0.15) is 56.0 Å². The Morgan fingerprint density at radius 2 is 2.00 bits per heavy atom. The monoisotopic (exact) mass is 489 g/mol. The predicted octanol–water partition coefficient (Wildman–Crippen LogP) is 0.904. The Morgan fingerprint density at radius 1 is 1.26 bits per heavy atom. The van der Waals surface area contributed by atoms with Gasteiger partial charge in [-0.15, -0.1) is 0 Å². The number of imide groups is 1. The van der Waals surface area contributed by atoms with Gasteiger partial charge in [0.2, 0.25) is 17.7 Å². The molecule has 2 aliphatic rings. The average molecular weight is 490 g/mol. The molecule has 0 aromatic heterocycles. The highest BCUT2D eigenvalue weighted by Gasteiger charge is 2.39. The highest BCUT2D eigenvalue weighted by molar-refractivity contribution is 6.05. The first kappa shape index (κ1) is 26.1. The van der Waals surface area contributed by atoms with Crippen molar-refractivity contribution in [2.75, 3.05) is 25.0 Å². The van der Waals surface area contributed by atoms with Crippen LogP contribution in [0.25, 0.3) is 0 Å². The number of benzene rings is 1. The second-order valence-electron chi connectivity index (χ2n) is 9.45. The summed E-state index contributed by atoms with van der Waals surface area (Å²) in [6, 6.07) is 4.12. The minimum absolute atomic E-state index is 0.170. The summed E-state index contributed by atoms with van der Waals surface area (Å²) < 4.78 is 5.38. The lowest BCUT2D eigenvalue weighted by atomic mass is 10.0. The van der Waals surface area contributed by atoms with E-state index in [-0.39, 0.29) is 50.9 Å². The van der Waals surface area contributed by atoms with Gasteiger partial charge in [0.25, 0.3) is 5.91 Å². The van der Waals surface area contributed by atoms with Crippen LogP contribution >= 0.6 is 0 Å². The smallest absolute Gasteiger partial charge is 0.410 e. The Labute approximate surface area is 203 Å². The Balaban J connectivity index is 1.65. The Hall–Kier alpha value is -3.51. The highest BCUT2D eigenvalue weighted by Crippen LogP contribution is 2.29. The van der Waals surface area contributed by atoms with Crippen LogP contribution in [0.5, 0.6) is 0 Å². The lowest BCUT2D eigenvalue weighted by Crippen LogP contribution is -2.52. The molecule has 1 atom stereocenters. The molecule has 0 aliphatic carbocycles. The van der Waals surface area contributed by atoms with Crippen molar-refractivity contribution in [2.45, 2.75) is 58.2 Å². The number of nitrogens with one attached hydrogen (secondary N) is 2. The molecule has 12 heteroatoms. The fraction of sp³-hybridized carbons (Fsp3) is 0.522. The number of nitrogens with two attached hydrogens (primary N) is 1. The van der Waals surface area contributed by atoms with Crippen LogP contribution in [-0.2, 0) is 30.5 Å². The zero-order valence-electron chi connectivity index (χ0n) is 20.1. The van der Waals surface area contributed by atoms with E-state index in [1.54, 1.807) is 39.0 Å². The third kappa shape index (κ3) is 6.76. The maximum absolute atomic E-state index is 12.8. The summed E-state index contributed by atoms with van der Waals surface area (Å²) in [4.78, 5) is 68.9. The van der Waals surface area contributed by atoms with Crippen molar-refractivity contribution in [1.82, 2.24) is 15.1 Å². The second-order valence-corrected chi connectivity index (χ2v) is 9.45. The molecular formula is C23H31N5O7. The zero-order valence-corrected chi connectivity index (χ0v) is 20.1. The van der Waals surface area contributed by atoms with Crippen LogP contribution in [0.2, 0.25) is 0 Å². The van der Waals surface area contributed by atoms with Gasteiger partial charge in [-0.3, -0.25) is 29.4 Å². The first-order chi connectivity index (χ1) is 16.5. The number of rotatable bonds is 8. The Morgan fingerprint density at radius 3 is 2.66 bits per heavy atom. The molecule has 4 N–H and O–H groups in total.